The lowest BCUT2D eigenvalue weighted by atomic mass is 9.95. The molecule has 0 aliphatic carbocycles. The molecule has 166 valence electrons. The Hall–Kier alpha value is -4.12. The minimum Gasteiger partial charge on any atom is -0.503 e. The molecular weight excluding hydrogens is 412 g/mol. The minimum atomic E-state index is -0.679. The molecule has 3 aromatic carbocycles. The molecule has 4 rings (SSSR count). The van der Waals surface area contributed by atoms with Crippen molar-refractivity contribution in [1.82, 2.24) is 4.90 Å². The maximum atomic E-state index is 13.2. The number of rotatable bonds is 7. The first-order valence-electron chi connectivity index (χ1n) is 10.8. The molecule has 0 saturated carbocycles. The fourth-order valence-corrected chi connectivity index (χ4v) is 3.98. The van der Waals surface area contributed by atoms with Crippen LogP contribution in [0, 0.1) is 0 Å². The molecule has 1 aliphatic rings. The molecule has 0 saturated heterocycles. The summed E-state index contributed by atoms with van der Waals surface area (Å²) in [5.74, 6) is -1.42. The SMILES string of the molecule is CN(C)c1ccc(C2C(C(=O)/C=C/c3ccccc3)=C(O)C(=O)N2Cc2ccccc2)cc1. The highest BCUT2D eigenvalue weighted by atomic mass is 16.3. The van der Waals surface area contributed by atoms with Crippen molar-refractivity contribution >= 4 is 23.5 Å². The molecule has 1 amide bonds. The summed E-state index contributed by atoms with van der Waals surface area (Å²) >= 11 is 0. The van der Waals surface area contributed by atoms with Crippen molar-refractivity contribution in [3.63, 3.8) is 0 Å². The lowest BCUT2D eigenvalue weighted by molar-refractivity contribution is -0.130. The smallest absolute Gasteiger partial charge is 0.290 e. The van der Waals surface area contributed by atoms with Gasteiger partial charge in [0, 0.05) is 26.3 Å². The van der Waals surface area contributed by atoms with E-state index in [9.17, 15) is 14.7 Å². The second kappa shape index (κ2) is 9.57. The maximum Gasteiger partial charge on any atom is 0.290 e. The first-order valence-corrected chi connectivity index (χ1v) is 10.8. The molecule has 1 atom stereocenters. The molecule has 1 aliphatic heterocycles. The first-order chi connectivity index (χ1) is 16.0. The van der Waals surface area contributed by atoms with Crippen molar-refractivity contribution in [2.75, 3.05) is 19.0 Å². The topological polar surface area (TPSA) is 60.9 Å². The van der Waals surface area contributed by atoms with Crippen LogP contribution in [0.2, 0.25) is 0 Å². The minimum absolute atomic E-state index is 0.0979. The number of hydrogen-bond donors (Lipinski definition) is 1. The van der Waals surface area contributed by atoms with Crippen molar-refractivity contribution in [3.8, 4) is 0 Å². The number of aliphatic hydroxyl groups excluding tert-OH is 1. The number of carbonyl (C=O) groups is 2. The molecule has 0 fully saturated rings. The molecule has 0 spiro atoms. The summed E-state index contributed by atoms with van der Waals surface area (Å²) in [7, 11) is 3.90. The van der Waals surface area contributed by atoms with E-state index < -0.39 is 17.7 Å². The van der Waals surface area contributed by atoms with Gasteiger partial charge in [-0.05, 0) is 34.9 Å². The molecule has 1 heterocycles. The third-order valence-electron chi connectivity index (χ3n) is 5.72. The Kier molecular flexibility index (Phi) is 6.41. The van der Waals surface area contributed by atoms with Gasteiger partial charge in [0.25, 0.3) is 5.91 Å². The largest absolute Gasteiger partial charge is 0.503 e. The number of nitrogens with zero attached hydrogens (tertiary/aromatic N) is 2. The second-order valence-electron chi connectivity index (χ2n) is 8.18. The number of carbonyl (C=O) groups excluding carboxylic acids is 2. The number of anilines is 1. The highest BCUT2D eigenvalue weighted by molar-refractivity contribution is 6.14. The van der Waals surface area contributed by atoms with E-state index in [-0.39, 0.29) is 17.9 Å². The zero-order chi connectivity index (χ0) is 23.4. The van der Waals surface area contributed by atoms with Gasteiger partial charge in [-0.25, -0.2) is 0 Å². The molecule has 1 N–H and O–H groups in total. The van der Waals surface area contributed by atoms with E-state index in [1.165, 1.54) is 6.08 Å². The highest BCUT2D eigenvalue weighted by Crippen LogP contribution is 2.39. The number of amides is 1. The molecule has 33 heavy (non-hydrogen) atoms. The Morgan fingerprint density at radius 3 is 2.15 bits per heavy atom. The monoisotopic (exact) mass is 438 g/mol. The number of allylic oxidation sites excluding steroid dienone is 1. The van der Waals surface area contributed by atoms with Gasteiger partial charge in [-0.2, -0.15) is 0 Å². The van der Waals surface area contributed by atoms with E-state index in [0.29, 0.717) is 0 Å². The number of aliphatic hydroxyl groups is 1. The standard InChI is InChI=1S/C28H26N2O3/c1-29(2)23-16-14-22(15-17-23)26-25(24(31)18-13-20-9-5-3-6-10-20)27(32)28(33)30(26)19-21-11-7-4-8-12-21/h3-18,26,32H,19H2,1-2H3/b18-13+. The van der Waals surface area contributed by atoms with Crippen LogP contribution in [-0.2, 0) is 16.1 Å². The van der Waals surface area contributed by atoms with Crippen molar-refractivity contribution in [1.29, 1.82) is 0 Å². The predicted octanol–water partition coefficient (Wildman–Crippen LogP) is 4.93. The predicted molar refractivity (Wildman–Crippen MR) is 131 cm³/mol. The van der Waals surface area contributed by atoms with E-state index >= 15 is 0 Å². The van der Waals surface area contributed by atoms with E-state index in [1.54, 1.807) is 11.0 Å². The quantitative estimate of drug-likeness (QED) is 0.532. The summed E-state index contributed by atoms with van der Waals surface area (Å²) in [4.78, 5) is 29.9. The van der Waals surface area contributed by atoms with Crippen LogP contribution in [0.25, 0.3) is 6.08 Å². The summed E-state index contributed by atoms with van der Waals surface area (Å²) in [5.41, 5.74) is 3.65. The van der Waals surface area contributed by atoms with Crippen LogP contribution in [0.4, 0.5) is 5.69 Å². The highest BCUT2D eigenvalue weighted by Gasteiger charge is 2.42. The van der Waals surface area contributed by atoms with Crippen molar-refractivity contribution < 1.29 is 14.7 Å². The second-order valence-corrected chi connectivity index (χ2v) is 8.18. The van der Waals surface area contributed by atoms with E-state index in [0.717, 1.165) is 22.4 Å². The van der Waals surface area contributed by atoms with Crippen LogP contribution >= 0.6 is 0 Å². The van der Waals surface area contributed by atoms with E-state index in [1.807, 2.05) is 104 Å². The van der Waals surface area contributed by atoms with Crippen LogP contribution in [0.3, 0.4) is 0 Å². The number of ketones is 1. The summed E-state index contributed by atoms with van der Waals surface area (Å²) in [6.45, 7) is 0.281. The van der Waals surface area contributed by atoms with Crippen LogP contribution in [0.1, 0.15) is 22.7 Å². The van der Waals surface area contributed by atoms with Gasteiger partial charge >= 0.3 is 0 Å². The molecule has 0 aromatic heterocycles. The van der Waals surface area contributed by atoms with Crippen LogP contribution in [0.15, 0.2) is 102 Å². The van der Waals surface area contributed by atoms with Crippen LogP contribution in [-0.4, -0.2) is 35.8 Å². The van der Waals surface area contributed by atoms with Gasteiger partial charge in [-0.3, -0.25) is 9.59 Å². The average Bonchev–Trinajstić information content (AvgIpc) is 3.09. The van der Waals surface area contributed by atoms with Gasteiger partial charge in [0.2, 0.25) is 0 Å². The molecule has 0 radical (unpaired) electrons. The maximum absolute atomic E-state index is 13.2. The van der Waals surface area contributed by atoms with Gasteiger partial charge in [0.05, 0.1) is 11.6 Å². The van der Waals surface area contributed by atoms with E-state index in [4.69, 9.17) is 0 Å². The fraction of sp³-hybridized carbons (Fsp3) is 0.143. The lowest BCUT2D eigenvalue weighted by Gasteiger charge is -2.27. The Balaban J connectivity index is 1.72. The van der Waals surface area contributed by atoms with Gasteiger partial charge in [0.15, 0.2) is 11.5 Å². The summed E-state index contributed by atoms with van der Waals surface area (Å²) in [6, 6.07) is 26.0. The van der Waals surface area contributed by atoms with Gasteiger partial charge in [-0.1, -0.05) is 78.9 Å². The molecular formula is C28H26N2O3. The van der Waals surface area contributed by atoms with Crippen LogP contribution < -0.4 is 4.90 Å². The molecule has 5 nitrogen and oxygen atoms in total. The molecule has 5 heteroatoms. The Bertz CT molecular complexity index is 1200. The van der Waals surface area contributed by atoms with Crippen molar-refractivity contribution in [2.45, 2.75) is 12.6 Å². The van der Waals surface area contributed by atoms with Crippen molar-refractivity contribution in [3.05, 3.63) is 119 Å². The zero-order valence-corrected chi connectivity index (χ0v) is 18.7. The summed E-state index contributed by atoms with van der Waals surface area (Å²) in [6.07, 6.45) is 3.11. The Labute approximate surface area is 193 Å². The third kappa shape index (κ3) is 4.72. The lowest BCUT2D eigenvalue weighted by Crippen LogP contribution is -2.30. The normalized spacial score (nSPS) is 16.0. The van der Waals surface area contributed by atoms with Gasteiger partial charge < -0.3 is 14.9 Å². The van der Waals surface area contributed by atoms with Gasteiger partial charge in [-0.15, -0.1) is 0 Å². The number of hydrogen-bond acceptors (Lipinski definition) is 4. The Morgan fingerprint density at radius 1 is 0.939 bits per heavy atom. The first kappa shape index (κ1) is 22.1. The average molecular weight is 439 g/mol. The molecule has 0 bridgehead atoms. The molecule has 3 aromatic rings. The zero-order valence-electron chi connectivity index (χ0n) is 18.7. The van der Waals surface area contributed by atoms with Gasteiger partial charge in [0.1, 0.15) is 0 Å². The fourth-order valence-electron chi connectivity index (χ4n) is 3.98. The van der Waals surface area contributed by atoms with Crippen molar-refractivity contribution in [2.24, 2.45) is 0 Å². The summed E-state index contributed by atoms with van der Waals surface area (Å²) < 4.78 is 0. The number of benzene rings is 3. The Morgan fingerprint density at radius 2 is 1.55 bits per heavy atom. The third-order valence-corrected chi connectivity index (χ3v) is 5.72. The van der Waals surface area contributed by atoms with E-state index in [2.05, 4.69) is 0 Å². The molecule has 1 unspecified atom stereocenters. The van der Waals surface area contributed by atoms with Crippen LogP contribution in [0.5, 0.6) is 0 Å². The summed E-state index contributed by atoms with van der Waals surface area (Å²) in [5, 5.41) is 10.8.